The van der Waals surface area contributed by atoms with Crippen molar-refractivity contribution in [3.05, 3.63) is 30.0 Å². The number of ketones is 1. The summed E-state index contributed by atoms with van der Waals surface area (Å²) in [6.07, 6.45) is 2.60. The minimum Gasteiger partial charge on any atom is -0.508 e. The van der Waals surface area contributed by atoms with Crippen LogP contribution in [0.1, 0.15) is 12.5 Å². The number of fused-ring (bicyclic) bond motifs is 1. The number of phenols is 1. The maximum Gasteiger partial charge on any atom is 0.187 e. The third-order valence-electron chi connectivity index (χ3n) is 3.10. The number of quaternary nitrogens is 1. The molecule has 4 heteroatoms. The molecular weight excluding hydrogens is 216 g/mol. The van der Waals surface area contributed by atoms with Crippen LogP contribution >= 0.6 is 0 Å². The lowest BCUT2D eigenvalue weighted by atomic mass is 10.0. The SMILES string of the molecule is CC(=O)[C@@H]([NH3+])Cc1cn(C)c2ccc(O)cc12. The summed E-state index contributed by atoms with van der Waals surface area (Å²) < 4.78 is 2.00. The summed E-state index contributed by atoms with van der Waals surface area (Å²) in [4.78, 5) is 11.2. The number of benzene rings is 1. The normalized spacial score (nSPS) is 12.9. The van der Waals surface area contributed by atoms with Gasteiger partial charge in [0.1, 0.15) is 11.8 Å². The summed E-state index contributed by atoms with van der Waals surface area (Å²) in [6.45, 7) is 1.56. The molecule has 0 saturated heterocycles. The second-order valence-corrected chi connectivity index (χ2v) is 4.48. The first-order chi connectivity index (χ1) is 7.99. The van der Waals surface area contributed by atoms with E-state index in [1.165, 1.54) is 0 Å². The topological polar surface area (TPSA) is 69.9 Å². The van der Waals surface area contributed by atoms with Crippen molar-refractivity contribution in [2.45, 2.75) is 19.4 Å². The quantitative estimate of drug-likeness (QED) is 0.816. The standard InChI is InChI=1S/C13H16N2O2/c1-8(16)12(14)5-9-7-15(2)13-4-3-10(17)6-11(9)13/h3-4,6-7,12,17H,5,14H2,1-2H3/p+1/t12-/m0/s1. The molecule has 0 saturated carbocycles. The van der Waals surface area contributed by atoms with Gasteiger partial charge in [0.25, 0.3) is 0 Å². The number of Topliss-reactive ketones (excluding diaryl/α,β-unsaturated/α-hetero) is 1. The van der Waals surface area contributed by atoms with E-state index in [4.69, 9.17) is 0 Å². The summed E-state index contributed by atoms with van der Waals surface area (Å²) in [7, 11) is 1.95. The molecular formula is C13H17N2O2+. The van der Waals surface area contributed by atoms with Gasteiger partial charge in [-0.2, -0.15) is 0 Å². The van der Waals surface area contributed by atoms with Gasteiger partial charge < -0.3 is 15.4 Å². The van der Waals surface area contributed by atoms with E-state index in [9.17, 15) is 9.90 Å². The van der Waals surface area contributed by atoms with Crippen molar-refractivity contribution in [3.63, 3.8) is 0 Å². The Morgan fingerprint density at radius 1 is 1.53 bits per heavy atom. The van der Waals surface area contributed by atoms with E-state index in [0.29, 0.717) is 6.42 Å². The highest BCUT2D eigenvalue weighted by molar-refractivity contribution is 5.87. The molecule has 2 aromatic rings. The minimum absolute atomic E-state index is 0.0853. The van der Waals surface area contributed by atoms with E-state index in [0.717, 1.165) is 16.5 Å². The molecule has 17 heavy (non-hydrogen) atoms. The molecule has 2 rings (SSSR count). The van der Waals surface area contributed by atoms with Crippen LogP contribution in [0.2, 0.25) is 0 Å². The zero-order valence-electron chi connectivity index (χ0n) is 10.1. The van der Waals surface area contributed by atoms with Crippen molar-refractivity contribution in [2.24, 2.45) is 7.05 Å². The lowest BCUT2D eigenvalue weighted by molar-refractivity contribution is -0.402. The Labute approximate surface area is 99.7 Å². The first kappa shape index (κ1) is 11.7. The molecule has 0 radical (unpaired) electrons. The number of rotatable bonds is 3. The number of aromatic nitrogens is 1. The summed E-state index contributed by atoms with van der Waals surface area (Å²) in [5, 5.41) is 10.5. The monoisotopic (exact) mass is 233 g/mol. The minimum atomic E-state index is -0.233. The van der Waals surface area contributed by atoms with Crippen molar-refractivity contribution in [1.29, 1.82) is 0 Å². The Morgan fingerprint density at radius 3 is 2.88 bits per heavy atom. The average Bonchev–Trinajstić information content (AvgIpc) is 2.55. The van der Waals surface area contributed by atoms with Gasteiger partial charge in [-0.25, -0.2) is 0 Å². The highest BCUT2D eigenvalue weighted by atomic mass is 16.3. The fourth-order valence-corrected chi connectivity index (χ4v) is 2.03. The van der Waals surface area contributed by atoms with Crippen molar-refractivity contribution in [2.75, 3.05) is 0 Å². The first-order valence-corrected chi connectivity index (χ1v) is 5.59. The number of hydrogen-bond acceptors (Lipinski definition) is 2. The summed E-state index contributed by atoms with van der Waals surface area (Å²) >= 11 is 0. The molecule has 0 aliphatic rings. The Hall–Kier alpha value is -1.81. The Morgan fingerprint density at radius 2 is 2.24 bits per heavy atom. The summed E-state index contributed by atoms with van der Waals surface area (Å²) in [5.74, 6) is 0.329. The van der Waals surface area contributed by atoms with Crippen LogP contribution < -0.4 is 5.73 Å². The molecule has 1 aromatic carbocycles. The molecule has 4 nitrogen and oxygen atoms in total. The van der Waals surface area contributed by atoms with E-state index >= 15 is 0 Å². The van der Waals surface area contributed by atoms with E-state index in [1.54, 1.807) is 19.1 Å². The molecule has 0 amide bonds. The van der Waals surface area contributed by atoms with Gasteiger partial charge in [-0.1, -0.05) is 0 Å². The van der Waals surface area contributed by atoms with Gasteiger partial charge in [-0.3, -0.25) is 4.79 Å². The van der Waals surface area contributed by atoms with Crippen molar-refractivity contribution < 1.29 is 15.6 Å². The van der Waals surface area contributed by atoms with E-state index in [1.807, 2.05) is 23.9 Å². The van der Waals surface area contributed by atoms with Gasteiger partial charge in [0.15, 0.2) is 5.78 Å². The fourth-order valence-electron chi connectivity index (χ4n) is 2.03. The fraction of sp³-hybridized carbons (Fsp3) is 0.308. The van der Waals surface area contributed by atoms with E-state index in [-0.39, 0.29) is 17.6 Å². The molecule has 90 valence electrons. The molecule has 1 atom stereocenters. The number of phenolic OH excluding ortho intramolecular Hbond substituents is 1. The largest absolute Gasteiger partial charge is 0.508 e. The zero-order valence-corrected chi connectivity index (χ0v) is 10.1. The highest BCUT2D eigenvalue weighted by Gasteiger charge is 2.16. The molecule has 0 fully saturated rings. The van der Waals surface area contributed by atoms with Crippen molar-refractivity contribution >= 4 is 16.7 Å². The lowest BCUT2D eigenvalue weighted by Gasteiger charge is -2.03. The molecule has 1 heterocycles. The molecule has 0 aliphatic carbocycles. The van der Waals surface area contributed by atoms with E-state index in [2.05, 4.69) is 5.73 Å². The van der Waals surface area contributed by atoms with Gasteiger partial charge in [0.05, 0.1) is 0 Å². The van der Waals surface area contributed by atoms with Gasteiger partial charge in [-0.05, 0) is 23.8 Å². The predicted octanol–water partition coefficient (Wildman–Crippen LogP) is 0.626. The Balaban J connectivity index is 2.47. The van der Waals surface area contributed by atoms with Crippen LogP contribution in [0.3, 0.4) is 0 Å². The molecule has 4 N–H and O–H groups in total. The predicted molar refractivity (Wildman–Crippen MR) is 65.6 cm³/mol. The van der Waals surface area contributed by atoms with Crippen LogP contribution in [0.5, 0.6) is 5.75 Å². The van der Waals surface area contributed by atoms with E-state index < -0.39 is 0 Å². The molecule has 0 bridgehead atoms. The van der Waals surface area contributed by atoms with Crippen LogP contribution in [0.15, 0.2) is 24.4 Å². The van der Waals surface area contributed by atoms with Crippen LogP contribution in [0, 0.1) is 0 Å². The maximum atomic E-state index is 11.2. The van der Waals surface area contributed by atoms with Crippen molar-refractivity contribution in [3.8, 4) is 5.75 Å². The second kappa shape index (κ2) is 4.22. The van der Waals surface area contributed by atoms with Gasteiger partial charge in [0, 0.05) is 37.5 Å². The number of nitrogens with zero attached hydrogens (tertiary/aromatic N) is 1. The van der Waals surface area contributed by atoms with Crippen LogP contribution in [-0.2, 0) is 18.3 Å². The van der Waals surface area contributed by atoms with Crippen LogP contribution in [0.4, 0.5) is 0 Å². The number of aromatic hydroxyl groups is 1. The summed E-state index contributed by atoms with van der Waals surface area (Å²) in [5.41, 5.74) is 5.95. The van der Waals surface area contributed by atoms with Gasteiger partial charge >= 0.3 is 0 Å². The van der Waals surface area contributed by atoms with Gasteiger partial charge in [0.2, 0.25) is 0 Å². The van der Waals surface area contributed by atoms with Gasteiger partial charge in [-0.15, -0.1) is 0 Å². The number of carbonyl (C=O) groups excluding carboxylic acids is 1. The number of aryl methyl sites for hydroxylation is 1. The first-order valence-electron chi connectivity index (χ1n) is 5.59. The Kier molecular flexibility index (Phi) is 2.90. The van der Waals surface area contributed by atoms with Crippen LogP contribution in [0.25, 0.3) is 10.9 Å². The van der Waals surface area contributed by atoms with Crippen molar-refractivity contribution in [1.82, 2.24) is 4.57 Å². The third kappa shape index (κ3) is 2.17. The second-order valence-electron chi connectivity index (χ2n) is 4.48. The smallest absolute Gasteiger partial charge is 0.187 e. The molecule has 0 spiro atoms. The van der Waals surface area contributed by atoms with Crippen LogP contribution in [-0.4, -0.2) is 21.5 Å². The zero-order chi connectivity index (χ0) is 12.6. The third-order valence-corrected chi connectivity index (χ3v) is 3.10. The average molecular weight is 233 g/mol. The number of hydrogen-bond donors (Lipinski definition) is 2. The summed E-state index contributed by atoms with van der Waals surface area (Å²) in [6, 6.07) is 5.04. The molecule has 0 aliphatic heterocycles. The Bertz CT molecular complexity index is 572. The highest BCUT2D eigenvalue weighted by Crippen LogP contribution is 2.25. The molecule has 0 unspecified atom stereocenters. The molecule has 1 aromatic heterocycles. The lowest BCUT2D eigenvalue weighted by Crippen LogP contribution is -2.65. The number of carbonyl (C=O) groups is 1. The maximum absolute atomic E-state index is 11.2.